The van der Waals surface area contributed by atoms with Crippen LogP contribution in [0.4, 0.5) is 0 Å². The molecule has 0 aromatic heterocycles. The van der Waals surface area contributed by atoms with Crippen molar-refractivity contribution in [1.82, 2.24) is 0 Å². The predicted molar refractivity (Wildman–Crippen MR) is 71.3 cm³/mol. The van der Waals surface area contributed by atoms with Gasteiger partial charge >= 0.3 is 5.97 Å². The van der Waals surface area contributed by atoms with Crippen LogP contribution in [0.1, 0.15) is 18.4 Å². The number of carbonyl (C=O) groups excluding carboxylic acids is 1. The first-order chi connectivity index (χ1) is 9.43. The second-order valence-electron chi connectivity index (χ2n) is 5.09. The van der Waals surface area contributed by atoms with Crippen LogP contribution in [-0.4, -0.2) is 27.1 Å². The first-order valence-corrected chi connectivity index (χ1v) is 8.65. The quantitative estimate of drug-likeness (QED) is 0.626. The van der Waals surface area contributed by atoms with Crippen LogP contribution in [0.5, 0.6) is 5.75 Å². The van der Waals surface area contributed by atoms with Crippen LogP contribution in [0.15, 0.2) is 23.1 Å². The van der Waals surface area contributed by atoms with Crippen LogP contribution in [0.2, 0.25) is 0 Å². The van der Waals surface area contributed by atoms with Gasteiger partial charge in [-0.3, -0.25) is 0 Å². The van der Waals surface area contributed by atoms with Crippen molar-refractivity contribution in [2.75, 3.05) is 6.61 Å². The first kappa shape index (κ1) is 13.7. The molecule has 20 heavy (non-hydrogen) atoms. The van der Waals surface area contributed by atoms with E-state index in [2.05, 4.69) is 0 Å². The Morgan fingerprint density at radius 1 is 1.40 bits per heavy atom. The smallest absolute Gasteiger partial charge is 0.347 e. The topological polar surface area (TPSA) is 69.7 Å². The third kappa shape index (κ3) is 2.91. The number of halogens is 1. The Morgan fingerprint density at radius 2 is 2.15 bits per heavy atom. The molecule has 0 amide bonds. The lowest BCUT2D eigenvalue weighted by Gasteiger charge is -2.09. The summed E-state index contributed by atoms with van der Waals surface area (Å²) >= 11 is 0. The van der Waals surface area contributed by atoms with Crippen LogP contribution in [0, 0.1) is 5.92 Å². The fraction of sp³-hybridized carbons (Fsp3) is 0.462. The molecule has 0 radical (unpaired) electrons. The number of hydrogen-bond acceptors (Lipinski definition) is 5. The molecule has 7 heteroatoms. The average molecular weight is 317 g/mol. The van der Waals surface area contributed by atoms with E-state index in [4.69, 9.17) is 20.2 Å². The third-order valence-corrected chi connectivity index (χ3v) is 4.76. The molecule has 2 aliphatic rings. The zero-order valence-electron chi connectivity index (χ0n) is 10.5. The Kier molecular flexibility index (Phi) is 3.38. The van der Waals surface area contributed by atoms with Gasteiger partial charge in [-0.05, 0) is 42.5 Å². The van der Waals surface area contributed by atoms with Crippen LogP contribution in [0.25, 0.3) is 0 Å². The maximum Gasteiger partial charge on any atom is 0.347 e. The monoisotopic (exact) mass is 316 g/mol. The Balaban J connectivity index is 1.69. The van der Waals surface area contributed by atoms with E-state index in [1.54, 1.807) is 0 Å². The largest absolute Gasteiger partial charge is 0.478 e. The maximum absolute atomic E-state index is 11.8. The summed E-state index contributed by atoms with van der Waals surface area (Å²) in [4.78, 5) is 11.8. The van der Waals surface area contributed by atoms with Crippen LogP contribution in [-0.2, 0) is 25.0 Å². The van der Waals surface area contributed by atoms with Crippen molar-refractivity contribution < 1.29 is 22.7 Å². The van der Waals surface area contributed by atoms with Gasteiger partial charge in [-0.25, -0.2) is 13.2 Å². The number of hydrogen-bond donors (Lipinski definition) is 0. The fourth-order valence-electron chi connectivity index (χ4n) is 2.09. The number of benzene rings is 1. The SMILES string of the molecule is O=C(OCC1CC1)C1Cc2cc(S(=O)(=O)Cl)ccc2O1. The molecule has 1 aliphatic carbocycles. The molecule has 1 aromatic carbocycles. The highest BCUT2D eigenvalue weighted by molar-refractivity contribution is 8.13. The van der Waals surface area contributed by atoms with E-state index in [1.807, 2.05) is 0 Å². The lowest BCUT2D eigenvalue weighted by atomic mass is 10.1. The van der Waals surface area contributed by atoms with E-state index in [9.17, 15) is 13.2 Å². The molecule has 1 fully saturated rings. The summed E-state index contributed by atoms with van der Waals surface area (Å²) in [5.41, 5.74) is 0.653. The molecule has 1 unspecified atom stereocenters. The van der Waals surface area contributed by atoms with Gasteiger partial charge in [0.05, 0.1) is 11.5 Å². The molecular weight excluding hydrogens is 304 g/mol. The van der Waals surface area contributed by atoms with Crippen molar-refractivity contribution >= 4 is 25.7 Å². The normalized spacial score (nSPS) is 21.1. The van der Waals surface area contributed by atoms with Gasteiger partial charge in [-0.2, -0.15) is 0 Å². The maximum atomic E-state index is 11.8. The molecule has 0 saturated heterocycles. The Bertz CT molecular complexity index is 651. The second-order valence-corrected chi connectivity index (χ2v) is 7.66. The Hall–Kier alpha value is -1.27. The summed E-state index contributed by atoms with van der Waals surface area (Å²) in [6, 6.07) is 4.31. The van der Waals surface area contributed by atoms with Crippen LogP contribution >= 0.6 is 10.7 Å². The van der Waals surface area contributed by atoms with E-state index in [0.29, 0.717) is 30.3 Å². The molecule has 1 heterocycles. The lowest BCUT2D eigenvalue weighted by Crippen LogP contribution is -2.28. The Morgan fingerprint density at radius 3 is 2.80 bits per heavy atom. The van der Waals surface area contributed by atoms with E-state index >= 15 is 0 Å². The summed E-state index contributed by atoms with van der Waals surface area (Å²) in [5, 5.41) is 0. The number of ether oxygens (including phenoxy) is 2. The minimum absolute atomic E-state index is 0.00788. The molecule has 1 aromatic rings. The van der Waals surface area contributed by atoms with Crippen molar-refractivity contribution in [3.63, 3.8) is 0 Å². The van der Waals surface area contributed by atoms with Gasteiger partial charge in [-0.15, -0.1) is 0 Å². The highest BCUT2D eigenvalue weighted by Crippen LogP contribution is 2.33. The molecular formula is C13H13ClO5S. The summed E-state index contributed by atoms with van der Waals surface area (Å²) in [7, 11) is 1.52. The van der Waals surface area contributed by atoms with Gasteiger partial charge in [-0.1, -0.05) is 0 Å². The van der Waals surface area contributed by atoms with Gasteiger partial charge in [0, 0.05) is 17.1 Å². The lowest BCUT2D eigenvalue weighted by molar-refractivity contribution is -0.151. The summed E-state index contributed by atoms with van der Waals surface area (Å²) < 4.78 is 33.2. The van der Waals surface area contributed by atoms with Gasteiger partial charge in [0.25, 0.3) is 9.05 Å². The highest BCUT2D eigenvalue weighted by Gasteiger charge is 2.32. The van der Waals surface area contributed by atoms with E-state index in [1.165, 1.54) is 18.2 Å². The summed E-state index contributed by atoms with van der Waals surface area (Å²) in [6.07, 6.45) is 1.82. The zero-order valence-corrected chi connectivity index (χ0v) is 12.1. The predicted octanol–water partition coefficient (Wildman–Crippen LogP) is 1.87. The molecule has 0 spiro atoms. The number of rotatable bonds is 4. The molecule has 0 bridgehead atoms. The fourth-order valence-corrected chi connectivity index (χ4v) is 2.89. The third-order valence-electron chi connectivity index (χ3n) is 3.41. The molecule has 1 saturated carbocycles. The first-order valence-electron chi connectivity index (χ1n) is 6.34. The minimum Gasteiger partial charge on any atom is -0.478 e. The van der Waals surface area contributed by atoms with Gasteiger partial charge in [0.1, 0.15) is 5.75 Å². The van der Waals surface area contributed by atoms with Gasteiger partial charge in [0.15, 0.2) is 6.10 Å². The number of esters is 1. The molecule has 5 nitrogen and oxygen atoms in total. The number of carbonyl (C=O) groups is 1. The minimum atomic E-state index is -3.77. The van der Waals surface area contributed by atoms with E-state index < -0.39 is 21.1 Å². The molecule has 0 N–H and O–H groups in total. The highest BCUT2D eigenvalue weighted by atomic mass is 35.7. The molecule has 3 rings (SSSR count). The molecule has 108 valence electrons. The van der Waals surface area contributed by atoms with Gasteiger partial charge in [0.2, 0.25) is 0 Å². The summed E-state index contributed by atoms with van der Waals surface area (Å²) in [5.74, 6) is 0.599. The number of fused-ring (bicyclic) bond motifs is 1. The van der Waals surface area contributed by atoms with Crippen LogP contribution < -0.4 is 4.74 Å². The Labute approximate surface area is 121 Å². The van der Waals surface area contributed by atoms with Crippen LogP contribution in [0.3, 0.4) is 0 Å². The van der Waals surface area contributed by atoms with Crippen molar-refractivity contribution in [3.8, 4) is 5.75 Å². The van der Waals surface area contributed by atoms with Gasteiger partial charge < -0.3 is 9.47 Å². The molecule has 1 aliphatic heterocycles. The molecule has 1 atom stereocenters. The van der Waals surface area contributed by atoms with E-state index in [-0.39, 0.29) is 4.90 Å². The van der Waals surface area contributed by atoms with Crippen molar-refractivity contribution in [1.29, 1.82) is 0 Å². The zero-order chi connectivity index (χ0) is 14.3. The van der Waals surface area contributed by atoms with Crippen molar-refractivity contribution in [2.45, 2.75) is 30.3 Å². The summed E-state index contributed by atoms with van der Waals surface area (Å²) in [6.45, 7) is 0.441. The second kappa shape index (κ2) is 4.93. The average Bonchev–Trinajstić information content (AvgIpc) is 3.11. The standard InChI is InChI=1S/C13H13ClO5S/c14-20(16,17)10-3-4-11-9(5-10)6-12(19-11)13(15)18-7-8-1-2-8/h3-5,8,12H,1-2,6-7H2. The van der Waals surface area contributed by atoms with Crippen molar-refractivity contribution in [3.05, 3.63) is 23.8 Å². The van der Waals surface area contributed by atoms with Crippen molar-refractivity contribution in [2.24, 2.45) is 5.92 Å². The van der Waals surface area contributed by atoms with E-state index in [0.717, 1.165) is 12.8 Å².